The Morgan fingerprint density at radius 3 is 2.46 bits per heavy atom. The molecule has 0 bridgehead atoms. The number of sulfone groups is 1. The predicted molar refractivity (Wildman–Crippen MR) is 110 cm³/mol. The van der Waals surface area contributed by atoms with Gasteiger partial charge in [-0.05, 0) is 29.7 Å². The second-order valence-corrected chi connectivity index (χ2v) is 9.67. The van der Waals surface area contributed by atoms with Gasteiger partial charge in [-0.1, -0.05) is 42.5 Å². The smallest absolute Gasteiger partial charge is 0.319 e. The molecule has 0 spiro atoms. The molecule has 2 aromatic carbocycles. The van der Waals surface area contributed by atoms with Crippen molar-refractivity contribution < 1.29 is 13.2 Å². The van der Waals surface area contributed by atoms with Crippen molar-refractivity contribution in [3.05, 3.63) is 65.7 Å². The Kier molecular flexibility index (Phi) is 6.05. The van der Waals surface area contributed by atoms with Crippen molar-refractivity contribution in [2.45, 2.75) is 29.0 Å². The molecule has 0 saturated carbocycles. The van der Waals surface area contributed by atoms with Gasteiger partial charge in [0, 0.05) is 39.6 Å². The summed E-state index contributed by atoms with van der Waals surface area (Å²) in [4.78, 5) is 16.0. The third-order valence-corrected chi connectivity index (χ3v) is 7.37. The number of amides is 2. The zero-order chi connectivity index (χ0) is 20.3. The maximum atomic E-state index is 13.4. The van der Waals surface area contributed by atoms with E-state index >= 15 is 0 Å². The minimum absolute atomic E-state index is 0.0312. The van der Waals surface area contributed by atoms with Crippen LogP contribution in [0.15, 0.2) is 59.5 Å². The van der Waals surface area contributed by atoms with E-state index in [0.29, 0.717) is 13.0 Å². The van der Waals surface area contributed by atoms with E-state index < -0.39 is 15.1 Å². The number of carbonyl (C=O) groups is 1. The van der Waals surface area contributed by atoms with E-state index in [1.165, 1.54) is 4.90 Å². The molecule has 1 heterocycles. The van der Waals surface area contributed by atoms with Gasteiger partial charge in [0.25, 0.3) is 0 Å². The van der Waals surface area contributed by atoms with Gasteiger partial charge < -0.3 is 15.5 Å². The Hall–Kier alpha value is -2.38. The summed E-state index contributed by atoms with van der Waals surface area (Å²) < 4.78 is 26.8. The van der Waals surface area contributed by atoms with Crippen LogP contribution in [0.1, 0.15) is 23.5 Å². The SMILES string of the molecule is CN(C)C(=O)N1C[C@H](c2ccccc2)C[C@H](S(=O)(=O)c2cccc(CN)c2)C1. The van der Waals surface area contributed by atoms with Crippen molar-refractivity contribution >= 4 is 15.9 Å². The Morgan fingerprint density at radius 2 is 1.82 bits per heavy atom. The molecule has 150 valence electrons. The molecule has 7 heteroatoms. The largest absolute Gasteiger partial charge is 0.331 e. The normalized spacial score (nSPS) is 20.0. The van der Waals surface area contributed by atoms with Crippen molar-refractivity contribution in [2.75, 3.05) is 27.2 Å². The molecule has 0 radical (unpaired) electrons. The van der Waals surface area contributed by atoms with Gasteiger partial charge >= 0.3 is 6.03 Å². The maximum Gasteiger partial charge on any atom is 0.319 e. The number of benzene rings is 2. The Balaban J connectivity index is 1.96. The van der Waals surface area contributed by atoms with Gasteiger partial charge in [0.1, 0.15) is 0 Å². The van der Waals surface area contributed by atoms with Crippen LogP contribution in [0.3, 0.4) is 0 Å². The van der Waals surface area contributed by atoms with Crippen molar-refractivity contribution in [3.8, 4) is 0 Å². The molecule has 0 aliphatic carbocycles. The molecule has 2 N–H and O–H groups in total. The first-order valence-electron chi connectivity index (χ1n) is 9.37. The lowest BCUT2D eigenvalue weighted by Crippen LogP contribution is -2.51. The molecule has 0 unspecified atom stereocenters. The quantitative estimate of drug-likeness (QED) is 0.853. The summed E-state index contributed by atoms with van der Waals surface area (Å²) in [6.45, 7) is 0.983. The van der Waals surface area contributed by atoms with Gasteiger partial charge in [0.15, 0.2) is 9.84 Å². The van der Waals surface area contributed by atoms with Gasteiger partial charge in [-0.3, -0.25) is 0 Å². The summed E-state index contributed by atoms with van der Waals surface area (Å²) >= 11 is 0. The van der Waals surface area contributed by atoms with E-state index in [9.17, 15) is 13.2 Å². The predicted octanol–water partition coefficient (Wildman–Crippen LogP) is 2.46. The minimum Gasteiger partial charge on any atom is -0.331 e. The number of urea groups is 1. The molecule has 2 atom stereocenters. The fourth-order valence-electron chi connectivity index (χ4n) is 3.73. The minimum atomic E-state index is -3.60. The number of hydrogen-bond donors (Lipinski definition) is 1. The monoisotopic (exact) mass is 401 g/mol. The fraction of sp³-hybridized carbons (Fsp3) is 0.381. The number of nitrogens with two attached hydrogens (primary N) is 1. The van der Waals surface area contributed by atoms with Crippen molar-refractivity contribution in [1.29, 1.82) is 0 Å². The third kappa shape index (κ3) is 4.20. The first-order valence-corrected chi connectivity index (χ1v) is 10.9. The van der Waals surface area contributed by atoms with Crippen LogP contribution in [-0.2, 0) is 16.4 Å². The van der Waals surface area contributed by atoms with Crippen LogP contribution in [0, 0.1) is 0 Å². The average Bonchev–Trinajstić information content (AvgIpc) is 2.73. The lowest BCUT2D eigenvalue weighted by Gasteiger charge is -2.38. The van der Waals surface area contributed by atoms with Crippen molar-refractivity contribution in [1.82, 2.24) is 9.80 Å². The second kappa shape index (κ2) is 8.32. The maximum absolute atomic E-state index is 13.4. The number of carbonyl (C=O) groups excluding carboxylic acids is 1. The Labute approximate surface area is 166 Å². The highest BCUT2D eigenvalue weighted by molar-refractivity contribution is 7.92. The molecule has 0 aromatic heterocycles. The molecular formula is C21H27N3O3S. The molecule has 1 aliphatic heterocycles. The van der Waals surface area contributed by atoms with Crippen molar-refractivity contribution in [3.63, 3.8) is 0 Å². The van der Waals surface area contributed by atoms with E-state index in [2.05, 4.69) is 0 Å². The van der Waals surface area contributed by atoms with Crippen LogP contribution >= 0.6 is 0 Å². The molecule has 2 amide bonds. The zero-order valence-electron chi connectivity index (χ0n) is 16.3. The van der Waals surface area contributed by atoms with Gasteiger partial charge in [0.05, 0.1) is 10.1 Å². The van der Waals surface area contributed by atoms with E-state index in [-0.39, 0.29) is 29.9 Å². The molecule has 1 saturated heterocycles. The number of likely N-dealkylation sites (tertiary alicyclic amines) is 1. The van der Waals surface area contributed by atoms with E-state index in [1.54, 1.807) is 37.2 Å². The van der Waals surface area contributed by atoms with Crippen LogP contribution in [0.2, 0.25) is 0 Å². The summed E-state index contributed by atoms with van der Waals surface area (Å²) in [5.74, 6) is -0.0312. The molecule has 3 rings (SSSR count). The Morgan fingerprint density at radius 1 is 1.11 bits per heavy atom. The van der Waals surface area contributed by atoms with Crippen LogP contribution in [-0.4, -0.2) is 56.7 Å². The lowest BCUT2D eigenvalue weighted by atomic mass is 9.90. The lowest BCUT2D eigenvalue weighted by molar-refractivity contribution is 0.155. The van der Waals surface area contributed by atoms with Crippen molar-refractivity contribution in [2.24, 2.45) is 5.73 Å². The fourth-order valence-corrected chi connectivity index (χ4v) is 5.56. The van der Waals surface area contributed by atoms with Gasteiger partial charge in [-0.2, -0.15) is 0 Å². The number of rotatable bonds is 4. The van der Waals surface area contributed by atoms with Gasteiger partial charge in [-0.25, -0.2) is 13.2 Å². The molecule has 6 nitrogen and oxygen atoms in total. The number of hydrogen-bond acceptors (Lipinski definition) is 4. The van der Waals surface area contributed by atoms with Crippen LogP contribution in [0.5, 0.6) is 0 Å². The summed E-state index contributed by atoms with van der Waals surface area (Å²) in [6, 6.07) is 16.4. The van der Waals surface area contributed by atoms with Gasteiger partial charge in [-0.15, -0.1) is 0 Å². The molecule has 1 aliphatic rings. The molecule has 28 heavy (non-hydrogen) atoms. The topological polar surface area (TPSA) is 83.7 Å². The molecule has 1 fully saturated rings. The standard InChI is InChI=1S/C21H27N3O3S/c1-23(2)21(25)24-14-18(17-8-4-3-5-9-17)12-20(15-24)28(26,27)19-10-6-7-16(11-19)13-22/h3-11,18,20H,12-15,22H2,1-2H3/t18-,20+/m1/s1. The highest BCUT2D eigenvalue weighted by Gasteiger charge is 2.38. The third-order valence-electron chi connectivity index (χ3n) is 5.24. The van der Waals surface area contributed by atoms with E-state index in [4.69, 9.17) is 5.73 Å². The highest BCUT2D eigenvalue weighted by atomic mass is 32.2. The summed E-state index contributed by atoms with van der Waals surface area (Å²) in [5, 5.41) is -0.664. The van der Waals surface area contributed by atoms with Gasteiger partial charge in [0.2, 0.25) is 0 Å². The average molecular weight is 402 g/mol. The summed E-state index contributed by atoms with van der Waals surface area (Å²) in [5.41, 5.74) is 7.51. The first-order chi connectivity index (χ1) is 13.3. The summed E-state index contributed by atoms with van der Waals surface area (Å²) in [7, 11) is -0.229. The zero-order valence-corrected chi connectivity index (χ0v) is 17.1. The van der Waals surface area contributed by atoms with E-state index in [0.717, 1.165) is 11.1 Å². The van der Waals surface area contributed by atoms with E-state index in [1.807, 2.05) is 36.4 Å². The highest BCUT2D eigenvalue weighted by Crippen LogP contribution is 2.33. The van der Waals surface area contributed by atoms with Crippen LogP contribution < -0.4 is 5.73 Å². The van der Waals surface area contributed by atoms with Crippen LogP contribution in [0.25, 0.3) is 0 Å². The molecule has 2 aromatic rings. The molecular weight excluding hydrogens is 374 g/mol. The Bertz CT molecular complexity index is 929. The summed E-state index contributed by atoms with van der Waals surface area (Å²) in [6.07, 6.45) is 0.483. The number of nitrogens with zero attached hydrogens (tertiary/aromatic N) is 2. The first kappa shape index (κ1) is 20.4. The van der Waals surface area contributed by atoms with Crippen LogP contribution in [0.4, 0.5) is 4.79 Å². The number of piperidine rings is 1. The second-order valence-electron chi connectivity index (χ2n) is 7.44.